The molecule has 0 saturated carbocycles. The number of aliphatic hydroxyl groups is 1. The van der Waals surface area contributed by atoms with Gasteiger partial charge in [-0.15, -0.1) is 0 Å². The third-order valence-electron chi connectivity index (χ3n) is 1.71. The second kappa shape index (κ2) is 4.56. The van der Waals surface area contributed by atoms with Gasteiger partial charge in [0.2, 0.25) is 15.5 Å². The van der Waals surface area contributed by atoms with Gasteiger partial charge in [0.15, 0.2) is 0 Å². The molecule has 0 saturated heterocycles. The van der Waals surface area contributed by atoms with Gasteiger partial charge in [0, 0.05) is 24.5 Å². The van der Waals surface area contributed by atoms with E-state index in [1.54, 1.807) is 0 Å². The lowest BCUT2D eigenvalue weighted by atomic mass is 10.4. The number of pyridine rings is 1. The van der Waals surface area contributed by atoms with Crippen LogP contribution in [-0.4, -0.2) is 31.2 Å². The van der Waals surface area contributed by atoms with E-state index >= 15 is 0 Å². The van der Waals surface area contributed by atoms with Crippen molar-refractivity contribution in [2.45, 2.75) is 17.9 Å². The van der Waals surface area contributed by atoms with E-state index in [1.165, 1.54) is 13.1 Å². The predicted octanol–water partition coefficient (Wildman–Crippen LogP) is -0.966. The van der Waals surface area contributed by atoms with Gasteiger partial charge in [-0.05, 0) is 6.92 Å². The molecule has 0 aromatic carbocycles. The molecule has 0 unspecified atom stereocenters. The van der Waals surface area contributed by atoms with Crippen molar-refractivity contribution >= 4 is 10.0 Å². The Bertz CT molecular complexity index is 479. The number of sulfonamides is 1. The number of hydrogen-bond donors (Lipinski definition) is 3. The molecule has 0 fully saturated rings. The lowest BCUT2D eigenvalue weighted by Gasteiger charge is -2.10. The summed E-state index contributed by atoms with van der Waals surface area (Å²) >= 11 is 0. The molecule has 6 nitrogen and oxygen atoms in total. The van der Waals surface area contributed by atoms with Crippen molar-refractivity contribution in [2.24, 2.45) is 0 Å². The van der Waals surface area contributed by atoms with E-state index in [9.17, 15) is 13.2 Å². The summed E-state index contributed by atoms with van der Waals surface area (Å²) in [5.41, 5.74) is -0.591. The summed E-state index contributed by atoms with van der Waals surface area (Å²) in [6.07, 6.45) is 2.45. The van der Waals surface area contributed by atoms with Crippen LogP contribution in [0.2, 0.25) is 0 Å². The maximum atomic E-state index is 11.6. The van der Waals surface area contributed by atoms with Crippen molar-refractivity contribution in [3.8, 4) is 0 Å². The second-order valence-electron chi connectivity index (χ2n) is 3.08. The van der Waals surface area contributed by atoms with Crippen LogP contribution in [0.3, 0.4) is 0 Å². The maximum absolute atomic E-state index is 11.6. The lowest BCUT2D eigenvalue weighted by molar-refractivity contribution is 0.265. The zero-order chi connectivity index (χ0) is 11.5. The van der Waals surface area contributed by atoms with Crippen LogP contribution in [0.25, 0.3) is 0 Å². The molecule has 0 aliphatic carbocycles. The largest absolute Gasteiger partial charge is 0.395 e. The molecule has 0 aliphatic heterocycles. The predicted molar refractivity (Wildman–Crippen MR) is 53.9 cm³/mol. The van der Waals surface area contributed by atoms with E-state index in [0.29, 0.717) is 0 Å². The molecule has 1 aromatic rings. The molecule has 0 bridgehead atoms. The van der Waals surface area contributed by atoms with E-state index in [4.69, 9.17) is 5.11 Å². The molecule has 0 radical (unpaired) electrons. The van der Waals surface area contributed by atoms with Crippen LogP contribution in [-0.2, 0) is 10.0 Å². The van der Waals surface area contributed by atoms with Crippen molar-refractivity contribution in [3.63, 3.8) is 0 Å². The van der Waals surface area contributed by atoms with E-state index in [1.807, 2.05) is 0 Å². The highest BCUT2D eigenvalue weighted by molar-refractivity contribution is 7.89. The fraction of sp³-hybridized carbons (Fsp3) is 0.375. The van der Waals surface area contributed by atoms with Gasteiger partial charge in [-0.1, -0.05) is 0 Å². The van der Waals surface area contributed by atoms with Crippen LogP contribution >= 0.6 is 0 Å². The van der Waals surface area contributed by atoms with Crippen LogP contribution in [0.1, 0.15) is 6.92 Å². The summed E-state index contributed by atoms with van der Waals surface area (Å²) in [5.74, 6) is 0. The van der Waals surface area contributed by atoms with Gasteiger partial charge < -0.3 is 10.1 Å². The third kappa shape index (κ3) is 2.88. The van der Waals surface area contributed by atoms with Crippen LogP contribution in [0.15, 0.2) is 28.2 Å². The fourth-order valence-electron chi connectivity index (χ4n) is 0.976. The van der Waals surface area contributed by atoms with Crippen LogP contribution in [0.4, 0.5) is 0 Å². The fourth-order valence-corrected chi connectivity index (χ4v) is 2.26. The van der Waals surface area contributed by atoms with Gasteiger partial charge in [0.25, 0.3) is 0 Å². The monoisotopic (exact) mass is 232 g/mol. The van der Waals surface area contributed by atoms with E-state index in [-0.39, 0.29) is 11.5 Å². The molecule has 7 heteroatoms. The summed E-state index contributed by atoms with van der Waals surface area (Å²) < 4.78 is 25.3. The molecule has 0 amide bonds. The molecular weight excluding hydrogens is 220 g/mol. The molecule has 0 spiro atoms. The molecule has 15 heavy (non-hydrogen) atoms. The Balaban J connectivity index is 3.08. The first-order chi connectivity index (χ1) is 6.97. The molecule has 1 atom stereocenters. The quantitative estimate of drug-likeness (QED) is 0.622. The first kappa shape index (κ1) is 11.9. The minimum Gasteiger partial charge on any atom is -0.395 e. The summed E-state index contributed by atoms with van der Waals surface area (Å²) in [7, 11) is -3.86. The van der Waals surface area contributed by atoms with Gasteiger partial charge in [-0.3, -0.25) is 4.79 Å². The second-order valence-corrected chi connectivity index (χ2v) is 4.76. The van der Waals surface area contributed by atoms with Gasteiger partial charge in [0.05, 0.1) is 6.61 Å². The first-order valence-electron chi connectivity index (χ1n) is 4.27. The summed E-state index contributed by atoms with van der Waals surface area (Å²) in [6, 6.07) is 0.493. The molecule has 0 aliphatic rings. The molecule has 3 N–H and O–H groups in total. The standard InChI is InChI=1S/C8H12N2O4S/c1-6(5-11)10-15(13,14)8-4-9-3-2-7(8)12/h2-4,6,10-11H,5H2,1H3,(H,9,12)/t6-/m0/s1. The Morgan fingerprint density at radius 3 is 2.80 bits per heavy atom. The van der Waals surface area contributed by atoms with Crippen LogP contribution < -0.4 is 10.2 Å². The molecule has 1 heterocycles. The minimum absolute atomic E-state index is 0.329. The minimum atomic E-state index is -3.86. The van der Waals surface area contributed by atoms with E-state index in [2.05, 4.69) is 9.71 Å². The lowest BCUT2D eigenvalue weighted by Crippen LogP contribution is -2.37. The summed E-state index contributed by atoms with van der Waals surface area (Å²) in [4.78, 5) is 13.4. The number of nitrogens with one attached hydrogen (secondary N) is 2. The molecular formula is C8H12N2O4S. The SMILES string of the molecule is C[C@@H](CO)NS(=O)(=O)c1c[nH]ccc1=O. The number of H-pyrrole nitrogens is 1. The Kier molecular flexibility index (Phi) is 3.61. The highest BCUT2D eigenvalue weighted by atomic mass is 32.2. The Hall–Kier alpha value is -1.18. The van der Waals surface area contributed by atoms with E-state index < -0.39 is 21.5 Å². The zero-order valence-electron chi connectivity index (χ0n) is 8.10. The first-order valence-corrected chi connectivity index (χ1v) is 5.76. The molecule has 1 aromatic heterocycles. The topological polar surface area (TPSA) is 99.3 Å². The van der Waals surface area contributed by atoms with Crippen LogP contribution in [0, 0.1) is 0 Å². The number of hydrogen-bond acceptors (Lipinski definition) is 4. The van der Waals surface area contributed by atoms with Gasteiger partial charge in [-0.25, -0.2) is 13.1 Å². The normalized spacial score (nSPS) is 13.7. The maximum Gasteiger partial charge on any atom is 0.246 e. The van der Waals surface area contributed by atoms with E-state index in [0.717, 1.165) is 12.3 Å². The smallest absolute Gasteiger partial charge is 0.246 e. The number of rotatable bonds is 4. The third-order valence-corrected chi connectivity index (χ3v) is 3.32. The highest BCUT2D eigenvalue weighted by Crippen LogP contribution is 2.00. The summed E-state index contributed by atoms with van der Waals surface area (Å²) in [5, 5.41) is 8.70. The molecule has 84 valence electrons. The number of aromatic nitrogens is 1. The zero-order valence-corrected chi connectivity index (χ0v) is 8.91. The van der Waals surface area contributed by atoms with Crippen molar-refractivity contribution < 1.29 is 13.5 Å². The van der Waals surface area contributed by atoms with Gasteiger partial charge >= 0.3 is 0 Å². The van der Waals surface area contributed by atoms with Gasteiger partial charge in [0.1, 0.15) is 4.90 Å². The Labute approximate surface area is 87.0 Å². The van der Waals surface area contributed by atoms with Crippen molar-refractivity contribution in [2.75, 3.05) is 6.61 Å². The van der Waals surface area contributed by atoms with Crippen molar-refractivity contribution in [1.82, 2.24) is 9.71 Å². The number of aliphatic hydroxyl groups excluding tert-OH is 1. The number of aromatic amines is 1. The van der Waals surface area contributed by atoms with Crippen LogP contribution in [0.5, 0.6) is 0 Å². The Morgan fingerprint density at radius 2 is 2.27 bits per heavy atom. The van der Waals surface area contributed by atoms with Gasteiger partial charge in [-0.2, -0.15) is 0 Å². The highest BCUT2D eigenvalue weighted by Gasteiger charge is 2.19. The molecule has 1 rings (SSSR count). The average Bonchev–Trinajstić information content (AvgIpc) is 2.17. The van der Waals surface area contributed by atoms with Crippen molar-refractivity contribution in [3.05, 3.63) is 28.7 Å². The Morgan fingerprint density at radius 1 is 1.60 bits per heavy atom. The van der Waals surface area contributed by atoms with Crippen molar-refractivity contribution in [1.29, 1.82) is 0 Å². The summed E-state index contributed by atoms with van der Waals surface area (Å²) in [6.45, 7) is 1.17. The average molecular weight is 232 g/mol.